The Balaban J connectivity index is 0.00000306. The Labute approximate surface area is 204 Å². The number of methoxy groups -OCH3 is 1. The predicted octanol–water partition coefficient (Wildman–Crippen LogP) is 2.19. The third-order valence-corrected chi connectivity index (χ3v) is 7.42. The number of fused-ring (bicyclic) bond motifs is 1. The molecule has 2 heterocycles. The smallest absolute Gasteiger partial charge is 0.348 e. The normalized spacial score (nSPS) is 22.8. The van der Waals surface area contributed by atoms with Gasteiger partial charge in [-0.1, -0.05) is 27.2 Å². The van der Waals surface area contributed by atoms with Crippen LogP contribution in [0, 0.1) is 17.8 Å². The molecule has 3 atom stereocenters. The Morgan fingerprint density at radius 3 is 2.61 bits per heavy atom. The van der Waals surface area contributed by atoms with Gasteiger partial charge in [0.05, 0.1) is 13.7 Å². The molecule has 6 heteroatoms. The van der Waals surface area contributed by atoms with Gasteiger partial charge in [0.1, 0.15) is 18.1 Å². The second kappa shape index (κ2) is 11.4. The number of halogens is 1. The average molecular weight is 475 g/mol. The molecule has 0 bridgehead atoms. The van der Waals surface area contributed by atoms with Crippen molar-refractivity contribution in [2.24, 2.45) is 17.8 Å². The third kappa shape index (κ3) is 5.92. The van der Waals surface area contributed by atoms with Gasteiger partial charge >= 0.3 is 5.97 Å². The van der Waals surface area contributed by atoms with Crippen LogP contribution in [-0.4, -0.2) is 23.8 Å². The highest BCUT2D eigenvalue weighted by Gasteiger charge is 2.34. The largest absolute Gasteiger partial charge is 1.00 e. The van der Waals surface area contributed by atoms with E-state index in [2.05, 4.69) is 48.2 Å². The Bertz CT molecular complexity index is 922. The van der Waals surface area contributed by atoms with Crippen molar-refractivity contribution in [2.75, 3.05) is 7.11 Å². The highest BCUT2D eigenvalue weighted by Crippen LogP contribution is 2.35. The van der Waals surface area contributed by atoms with Crippen molar-refractivity contribution in [2.45, 2.75) is 84.9 Å². The number of carbonyl (C=O) groups excluding carboxylic acids is 1. The molecule has 1 aliphatic carbocycles. The van der Waals surface area contributed by atoms with Crippen molar-refractivity contribution in [3.63, 3.8) is 0 Å². The minimum absolute atomic E-state index is 0. The van der Waals surface area contributed by atoms with E-state index in [0.717, 1.165) is 43.5 Å². The van der Waals surface area contributed by atoms with Gasteiger partial charge in [-0.15, -0.1) is 0 Å². The molecular weight excluding hydrogens is 436 g/mol. The quantitative estimate of drug-likeness (QED) is 0.476. The summed E-state index contributed by atoms with van der Waals surface area (Å²) < 4.78 is 16.0. The lowest BCUT2D eigenvalue weighted by molar-refractivity contribution is -0.692. The van der Waals surface area contributed by atoms with E-state index < -0.39 is 0 Å². The van der Waals surface area contributed by atoms with E-state index in [1.807, 2.05) is 12.1 Å². The zero-order valence-electron chi connectivity index (χ0n) is 20.6. The van der Waals surface area contributed by atoms with Crippen LogP contribution in [0.25, 0.3) is 11.3 Å². The molecule has 1 aliphatic heterocycles. The molecular formula is C27H39ClN2O3. The average Bonchev–Trinajstić information content (AvgIpc) is 2.94. The van der Waals surface area contributed by atoms with Crippen molar-refractivity contribution in [3.05, 3.63) is 36.3 Å². The molecule has 1 fully saturated rings. The molecule has 2 aromatic rings. The summed E-state index contributed by atoms with van der Waals surface area (Å²) in [5.41, 5.74) is 2.32. The lowest BCUT2D eigenvalue weighted by Crippen LogP contribution is -3.00. The van der Waals surface area contributed by atoms with Crippen molar-refractivity contribution in [1.29, 1.82) is 0 Å². The van der Waals surface area contributed by atoms with Crippen molar-refractivity contribution in [3.8, 4) is 17.0 Å². The van der Waals surface area contributed by atoms with E-state index in [9.17, 15) is 4.79 Å². The van der Waals surface area contributed by atoms with Crippen molar-refractivity contribution >= 4 is 5.97 Å². The fourth-order valence-electron chi connectivity index (χ4n) is 5.57. The summed E-state index contributed by atoms with van der Waals surface area (Å²) in [7, 11) is 1.69. The molecule has 0 amide bonds. The maximum atomic E-state index is 13.1. The van der Waals surface area contributed by atoms with Crippen LogP contribution in [0.15, 0.2) is 30.5 Å². The van der Waals surface area contributed by atoms with Crippen molar-refractivity contribution < 1.29 is 31.2 Å². The Morgan fingerprint density at radius 1 is 1.15 bits per heavy atom. The van der Waals surface area contributed by atoms with Gasteiger partial charge in [-0.3, -0.25) is 0 Å². The minimum atomic E-state index is -0.0984. The summed E-state index contributed by atoms with van der Waals surface area (Å²) in [6.45, 7) is 8.08. The summed E-state index contributed by atoms with van der Waals surface area (Å²) >= 11 is 0. The number of aromatic nitrogens is 2. The summed E-state index contributed by atoms with van der Waals surface area (Å²) in [6, 6.07) is 8.21. The Hall–Kier alpha value is -2.01. The van der Waals surface area contributed by atoms with E-state index in [1.54, 1.807) is 7.11 Å². The van der Waals surface area contributed by atoms with Crippen LogP contribution in [0.1, 0.15) is 65.1 Å². The second-order valence-corrected chi connectivity index (χ2v) is 10.1. The standard InChI is InChI=1S/C27H39N2O3.ClH/c1-19(2)23-14-9-20(3)16-25(23)32-27(30)18-28-17-24(21-10-12-22(31-4)13-11-21)29-15-7-5-6-8-26(28)29;/h10-13,17,19-20,23,25H,5-9,14-16,18H2,1-4H3;1H/q+1;/p-1. The van der Waals surface area contributed by atoms with Gasteiger partial charge in [0, 0.05) is 12.0 Å². The summed E-state index contributed by atoms with van der Waals surface area (Å²) in [6.07, 6.45) is 10.1. The molecule has 0 radical (unpaired) electrons. The number of benzene rings is 1. The highest BCUT2D eigenvalue weighted by atomic mass is 35.5. The SMILES string of the molecule is COc1ccc(-c2c[n+](CC(=O)OC3CC(C)CCC3C(C)C)c3n2CCCCC3)cc1.[Cl-]. The number of ether oxygens (including phenoxy) is 2. The molecule has 182 valence electrons. The van der Waals surface area contributed by atoms with Crippen LogP contribution in [0.2, 0.25) is 0 Å². The van der Waals surface area contributed by atoms with E-state index in [0.29, 0.717) is 24.3 Å². The molecule has 1 aromatic heterocycles. The molecule has 1 aromatic carbocycles. The maximum Gasteiger partial charge on any atom is 0.348 e. The molecule has 4 rings (SSSR count). The highest BCUT2D eigenvalue weighted by molar-refractivity contribution is 5.68. The summed E-state index contributed by atoms with van der Waals surface area (Å²) in [5.74, 6) is 3.64. The lowest BCUT2D eigenvalue weighted by atomic mass is 9.75. The van der Waals surface area contributed by atoms with Crippen molar-refractivity contribution in [1.82, 2.24) is 4.57 Å². The lowest BCUT2D eigenvalue weighted by Gasteiger charge is -2.36. The maximum absolute atomic E-state index is 13.1. The first-order valence-corrected chi connectivity index (χ1v) is 12.4. The number of hydrogen-bond acceptors (Lipinski definition) is 3. The Kier molecular flexibility index (Phi) is 8.86. The summed E-state index contributed by atoms with van der Waals surface area (Å²) in [4.78, 5) is 13.1. The molecule has 5 nitrogen and oxygen atoms in total. The van der Waals surface area contributed by atoms with Crippen LogP contribution in [0.5, 0.6) is 5.75 Å². The van der Waals surface area contributed by atoms with Crippen LogP contribution in [0.4, 0.5) is 0 Å². The second-order valence-electron chi connectivity index (χ2n) is 10.1. The van der Waals surface area contributed by atoms with Crippen LogP contribution in [-0.2, 0) is 29.0 Å². The van der Waals surface area contributed by atoms with Gasteiger partial charge in [-0.2, -0.15) is 0 Å². The Morgan fingerprint density at radius 2 is 1.91 bits per heavy atom. The summed E-state index contributed by atoms with van der Waals surface area (Å²) in [5, 5.41) is 0. The number of carbonyl (C=O) groups is 1. The van der Waals surface area contributed by atoms with Gasteiger partial charge in [-0.25, -0.2) is 13.9 Å². The molecule has 3 unspecified atom stereocenters. The first-order valence-electron chi connectivity index (χ1n) is 12.4. The minimum Gasteiger partial charge on any atom is -1.00 e. The molecule has 1 saturated carbocycles. The number of hydrogen-bond donors (Lipinski definition) is 0. The van der Waals surface area contributed by atoms with Crippen LogP contribution in [0.3, 0.4) is 0 Å². The number of imidazole rings is 1. The van der Waals surface area contributed by atoms with Gasteiger partial charge in [-0.05, 0) is 74.1 Å². The molecule has 0 N–H and O–H groups in total. The van der Waals surface area contributed by atoms with E-state index in [1.165, 1.54) is 30.8 Å². The third-order valence-electron chi connectivity index (χ3n) is 7.42. The topological polar surface area (TPSA) is 44.3 Å². The number of rotatable bonds is 6. The van der Waals surface area contributed by atoms with Crippen LogP contribution >= 0.6 is 0 Å². The van der Waals surface area contributed by atoms with Crippen LogP contribution < -0.4 is 21.7 Å². The number of esters is 1. The fourth-order valence-corrected chi connectivity index (χ4v) is 5.57. The van der Waals surface area contributed by atoms with E-state index in [4.69, 9.17) is 9.47 Å². The molecule has 0 spiro atoms. The van der Waals surface area contributed by atoms with Gasteiger partial charge in [0.25, 0.3) is 5.82 Å². The zero-order chi connectivity index (χ0) is 22.7. The van der Waals surface area contributed by atoms with Gasteiger partial charge < -0.3 is 21.9 Å². The van der Waals surface area contributed by atoms with E-state index >= 15 is 0 Å². The first kappa shape index (κ1) is 25.6. The number of nitrogens with zero attached hydrogens (tertiary/aromatic N) is 2. The van der Waals surface area contributed by atoms with Gasteiger partial charge in [0.2, 0.25) is 0 Å². The zero-order valence-corrected chi connectivity index (χ0v) is 21.3. The van der Waals surface area contributed by atoms with E-state index in [-0.39, 0.29) is 24.5 Å². The predicted molar refractivity (Wildman–Crippen MR) is 125 cm³/mol. The molecule has 0 saturated heterocycles. The monoisotopic (exact) mass is 474 g/mol. The fraction of sp³-hybridized carbons (Fsp3) is 0.630. The molecule has 33 heavy (non-hydrogen) atoms. The molecule has 2 aliphatic rings. The first-order chi connectivity index (χ1) is 15.5. The van der Waals surface area contributed by atoms with Gasteiger partial charge in [0.15, 0.2) is 12.2 Å².